The third-order valence-corrected chi connectivity index (χ3v) is 4.31. The van der Waals surface area contributed by atoms with Crippen molar-refractivity contribution in [1.82, 2.24) is 25.2 Å². The summed E-state index contributed by atoms with van der Waals surface area (Å²) in [5.41, 5.74) is 2.89. The predicted molar refractivity (Wildman–Crippen MR) is 79.5 cm³/mol. The van der Waals surface area contributed by atoms with Gasteiger partial charge in [-0.2, -0.15) is 18.6 Å². The Morgan fingerprint density at radius 3 is 2.88 bits per heavy atom. The van der Waals surface area contributed by atoms with Crippen molar-refractivity contribution in [2.75, 3.05) is 6.54 Å². The van der Waals surface area contributed by atoms with Crippen LogP contribution in [0.1, 0.15) is 18.5 Å². The molecule has 0 spiro atoms. The molecule has 0 radical (unpaired) electrons. The van der Waals surface area contributed by atoms with Gasteiger partial charge in [-0.05, 0) is 18.9 Å². The standard InChI is InChI=1S/C12H17N5O7S/c1-15-5-4-8(13-15)7-23-14-11(18)10-3-2-9-6-16(10)12(19)17(9)24-25(20,21)22/h4-5,9-10H,2-3,6-7H2,1H3,(H,14,18)(H,20,21,22)/t9?,10-/m0/s1. The van der Waals surface area contributed by atoms with Crippen LogP contribution in [-0.2, 0) is 38.0 Å². The van der Waals surface area contributed by atoms with Gasteiger partial charge in [-0.25, -0.2) is 10.3 Å². The van der Waals surface area contributed by atoms with Crippen LogP contribution in [-0.4, -0.2) is 63.3 Å². The molecule has 25 heavy (non-hydrogen) atoms. The molecule has 138 valence electrons. The van der Waals surface area contributed by atoms with Gasteiger partial charge in [0.2, 0.25) is 0 Å². The number of rotatable bonds is 6. The van der Waals surface area contributed by atoms with Gasteiger partial charge in [-0.15, -0.1) is 4.28 Å². The van der Waals surface area contributed by atoms with E-state index in [4.69, 9.17) is 9.39 Å². The lowest BCUT2D eigenvalue weighted by molar-refractivity contribution is -0.140. The first-order chi connectivity index (χ1) is 11.7. The van der Waals surface area contributed by atoms with Gasteiger partial charge in [0.05, 0.1) is 11.7 Å². The third kappa shape index (κ3) is 3.89. The molecule has 3 amide bonds. The second-order valence-corrected chi connectivity index (χ2v) is 6.75. The zero-order valence-corrected chi connectivity index (χ0v) is 14.0. The van der Waals surface area contributed by atoms with Crippen LogP contribution in [0.2, 0.25) is 0 Å². The first kappa shape index (κ1) is 17.6. The molecule has 2 fully saturated rings. The Morgan fingerprint density at radius 1 is 1.48 bits per heavy atom. The molecule has 2 saturated heterocycles. The number of nitrogens with zero attached hydrogens (tertiary/aromatic N) is 4. The first-order valence-electron chi connectivity index (χ1n) is 7.41. The van der Waals surface area contributed by atoms with Crippen molar-refractivity contribution in [2.45, 2.75) is 31.5 Å². The molecule has 2 aliphatic heterocycles. The summed E-state index contributed by atoms with van der Waals surface area (Å²) in [5, 5.41) is 4.67. The van der Waals surface area contributed by atoms with E-state index in [0.717, 1.165) is 0 Å². The molecule has 12 nitrogen and oxygen atoms in total. The van der Waals surface area contributed by atoms with Crippen LogP contribution in [0.3, 0.4) is 0 Å². The summed E-state index contributed by atoms with van der Waals surface area (Å²) >= 11 is 0. The maximum Gasteiger partial charge on any atom is 0.418 e. The van der Waals surface area contributed by atoms with E-state index in [0.29, 0.717) is 23.6 Å². The van der Waals surface area contributed by atoms with Crippen LogP contribution in [0.15, 0.2) is 12.3 Å². The summed E-state index contributed by atoms with van der Waals surface area (Å²) in [7, 11) is -3.07. The summed E-state index contributed by atoms with van der Waals surface area (Å²) in [6.07, 6.45) is 2.38. The quantitative estimate of drug-likeness (QED) is 0.475. The van der Waals surface area contributed by atoms with Crippen LogP contribution >= 0.6 is 0 Å². The highest BCUT2D eigenvalue weighted by Gasteiger charge is 2.49. The first-order valence-corrected chi connectivity index (χ1v) is 8.78. The maximum atomic E-state index is 12.2. The summed E-state index contributed by atoms with van der Waals surface area (Å²) < 4.78 is 36.3. The van der Waals surface area contributed by atoms with Gasteiger partial charge in [0, 0.05) is 19.8 Å². The van der Waals surface area contributed by atoms with E-state index in [1.54, 1.807) is 24.0 Å². The van der Waals surface area contributed by atoms with E-state index in [-0.39, 0.29) is 13.2 Å². The van der Waals surface area contributed by atoms with Crippen molar-refractivity contribution in [3.05, 3.63) is 18.0 Å². The highest BCUT2D eigenvalue weighted by molar-refractivity contribution is 7.80. The number of hydrogen-bond donors (Lipinski definition) is 2. The molecule has 2 aliphatic rings. The Kier molecular flexibility index (Phi) is 4.64. The van der Waals surface area contributed by atoms with Crippen LogP contribution in [0.5, 0.6) is 0 Å². The smallest absolute Gasteiger partial charge is 0.309 e. The molecule has 1 unspecified atom stereocenters. The Bertz CT molecular complexity index is 779. The Labute approximate surface area is 143 Å². The second kappa shape index (κ2) is 6.59. The van der Waals surface area contributed by atoms with Crippen molar-refractivity contribution in [3.8, 4) is 0 Å². The molecular weight excluding hydrogens is 358 g/mol. The van der Waals surface area contributed by atoms with Crippen molar-refractivity contribution in [3.63, 3.8) is 0 Å². The van der Waals surface area contributed by atoms with E-state index < -0.39 is 34.4 Å². The molecule has 13 heteroatoms. The Morgan fingerprint density at radius 2 is 2.24 bits per heavy atom. The number of carbonyl (C=O) groups excluding carboxylic acids is 2. The average molecular weight is 375 g/mol. The fourth-order valence-corrected chi connectivity index (χ4v) is 3.28. The van der Waals surface area contributed by atoms with Gasteiger partial charge in [0.25, 0.3) is 5.91 Å². The van der Waals surface area contributed by atoms with E-state index in [1.807, 2.05) is 0 Å². The second-order valence-electron chi connectivity index (χ2n) is 5.75. The average Bonchev–Trinajstić information content (AvgIpc) is 3.04. The molecule has 2 N–H and O–H groups in total. The molecule has 0 aromatic carbocycles. The molecule has 0 saturated carbocycles. The van der Waals surface area contributed by atoms with Gasteiger partial charge in [-0.1, -0.05) is 0 Å². The number of piperidine rings is 1. The number of aromatic nitrogens is 2. The lowest BCUT2D eigenvalue weighted by Crippen LogP contribution is -2.49. The minimum absolute atomic E-state index is 0.0634. The molecule has 1 aromatic heterocycles. The summed E-state index contributed by atoms with van der Waals surface area (Å²) in [5.74, 6) is -0.531. The van der Waals surface area contributed by atoms with Gasteiger partial charge >= 0.3 is 16.4 Å². The Balaban J connectivity index is 1.56. The number of aryl methyl sites for hydroxylation is 1. The van der Waals surface area contributed by atoms with Crippen molar-refractivity contribution >= 4 is 22.3 Å². The van der Waals surface area contributed by atoms with Crippen molar-refractivity contribution < 1.29 is 31.7 Å². The van der Waals surface area contributed by atoms with E-state index >= 15 is 0 Å². The zero-order chi connectivity index (χ0) is 18.2. The fourth-order valence-electron chi connectivity index (χ4n) is 2.89. The zero-order valence-electron chi connectivity index (χ0n) is 13.2. The number of fused-ring (bicyclic) bond motifs is 2. The maximum absolute atomic E-state index is 12.2. The molecule has 3 heterocycles. The topological polar surface area (TPSA) is 143 Å². The van der Waals surface area contributed by atoms with Crippen molar-refractivity contribution in [2.24, 2.45) is 7.05 Å². The minimum Gasteiger partial charge on any atom is -0.309 e. The van der Waals surface area contributed by atoms with Crippen molar-refractivity contribution in [1.29, 1.82) is 0 Å². The predicted octanol–water partition coefficient (Wildman–Crippen LogP) is -1.03. The number of carbonyl (C=O) groups is 2. The molecular formula is C12H17N5O7S. The van der Waals surface area contributed by atoms with Gasteiger partial charge in [-0.3, -0.25) is 18.9 Å². The lowest BCUT2D eigenvalue weighted by Gasteiger charge is -2.28. The molecule has 0 aliphatic carbocycles. The fraction of sp³-hybridized carbons (Fsp3) is 0.583. The summed E-state index contributed by atoms with van der Waals surface area (Å²) in [6.45, 7) is 0.181. The highest BCUT2D eigenvalue weighted by Crippen LogP contribution is 2.30. The Hall–Kier alpha value is -2.22. The van der Waals surface area contributed by atoms with E-state index in [9.17, 15) is 18.0 Å². The number of nitrogens with one attached hydrogen (secondary N) is 1. The number of amides is 3. The molecule has 3 rings (SSSR count). The number of urea groups is 1. The van der Waals surface area contributed by atoms with Gasteiger partial charge < -0.3 is 4.90 Å². The van der Waals surface area contributed by atoms with Gasteiger partial charge in [0.15, 0.2) is 0 Å². The lowest BCUT2D eigenvalue weighted by atomic mass is 10.0. The number of hydrogen-bond acceptors (Lipinski definition) is 7. The van der Waals surface area contributed by atoms with Crippen LogP contribution in [0, 0.1) is 0 Å². The molecule has 2 atom stereocenters. The van der Waals surface area contributed by atoms with Crippen LogP contribution in [0.4, 0.5) is 4.79 Å². The number of hydroxylamine groups is 3. The van der Waals surface area contributed by atoms with Gasteiger partial charge in [0.1, 0.15) is 12.6 Å². The molecule has 1 aromatic rings. The minimum atomic E-state index is -4.82. The largest absolute Gasteiger partial charge is 0.418 e. The van der Waals surface area contributed by atoms with E-state index in [2.05, 4.69) is 14.9 Å². The normalized spacial score (nSPS) is 23.2. The van der Waals surface area contributed by atoms with E-state index in [1.165, 1.54) is 4.90 Å². The van der Waals surface area contributed by atoms with Crippen LogP contribution < -0.4 is 5.48 Å². The SMILES string of the molecule is Cn1ccc(CONC(=O)[C@@H]2CCC3CN2C(=O)N3OS(=O)(=O)O)n1. The summed E-state index contributed by atoms with van der Waals surface area (Å²) in [6, 6.07) is -0.438. The highest BCUT2D eigenvalue weighted by atomic mass is 32.3. The summed E-state index contributed by atoms with van der Waals surface area (Å²) in [4.78, 5) is 30.7. The monoisotopic (exact) mass is 375 g/mol. The third-order valence-electron chi connectivity index (χ3n) is 3.96. The molecule has 2 bridgehead atoms. The van der Waals surface area contributed by atoms with Crippen LogP contribution in [0.25, 0.3) is 0 Å².